The van der Waals surface area contributed by atoms with E-state index in [-0.39, 0.29) is 0 Å². The van der Waals surface area contributed by atoms with Gasteiger partial charge in [-0.15, -0.1) is 11.8 Å². The highest BCUT2D eigenvalue weighted by molar-refractivity contribution is 5.11. The standard InChI is InChI=1S/C11H13N/c1-2-3-4-5-7-11-8-6-9-12-10-11/h6,8-10H,2,5,7H2,1H3. The Hall–Kier alpha value is -1.29. The minimum Gasteiger partial charge on any atom is -0.264 e. The first-order chi connectivity index (χ1) is 5.93. The molecule has 1 aromatic heterocycles. The van der Waals surface area contributed by atoms with Gasteiger partial charge in [0.05, 0.1) is 0 Å². The quantitative estimate of drug-likeness (QED) is 0.604. The fourth-order valence-corrected chi connectivity index (χ4v) is 0.966. The fourth-order valence-electron chi connectivity index (χ4n) is 0.966. The van der Waals surface area contributed by atoms with Crippen LogP contribution in [0.15, 0.2) is 24.5 Å². The van der Waals surface area contributed by atoms with Gasteiger partial charge in [0.15, 0.2) is 0 Å². The minimum absolute atomic E-state index is 0.944. The van der Waals surface area contributed by atoms with E-state index in [2.05, 4.69) is 29.8 Å². The van der Waals surface area contributed by atoms with Crippen molar-refractivity contribution in [3.05, 3.63) is 30.1 Å². The second kappa shape index (κ2) is 5.37. The highest BCUT2D eigenvalue weighted by Gasteiger charge is 1.87. The largest absolute Gasteiger partial charge is 0.264 e. The molecule has 1 heteroatoms. The smallest absolute Gasteiger partial charge is 0.0300 e. The van der Waals surface area contributed by atoms with Gasteiger partial charge in [-0.2, -0.15) is 0 Å². The normalized spacial score (nSPS) is 8.75. The third-order valence-electron chi connectivity index (χ3n) is 1.56. The first-order valence-corrected chi connectivity index (χ1v) is 4.28. The molecule has 0 aliphatic heterocycles. The van der Waals surface area contributed by atoms with Crippen LogP contribution in [0.5, 0.6) is 0 Å². The fraction of sp³-hybridized carbons (Fsp3) is 0.364. The lowest BCUT2D eigenvalue weighted by atomic mass is 10.2. The number of hydrogen-bond acceptors (Lipinski definition) is 1. The molecule has 1 heterocycles. The number of rotatable bonds is 2. The summed E-state index contributed by atoms with van der Waals surface area (Å²) < 4.78 is 0. The number of hydrogen-bond donors (Lipinski definition) is 0. The van der Waals surface area contributed by atoms with Gasteiger partial charge in [0, 0.05) is 25.2 Å². The molecule has 0 saturated carbocycles. The Morgan fingerprint density at radius 3 is 3.00 bits per heavy atom. The lowest BCUT2D eigenvalue weighted by molar-refractivity contribution is 1.01. The summed E-state index contributed by atoms with van der Waals surface area (Å²) in [5.74, 6) is 6.15. The molecule has 0 aliphatic rings. The highest BCUT2D eigenvalue weighted by Crippen LogP contribution is 1.98. The zero-order valence-electron chi connectivity index (χ0n) is 7.38. The predicted molar refractivity (Wildman–Crippen MR) is 50.6 cm³/mol. The lowest BCUT2D eigenvalue weighted by Gasteiger charge is -1.93. The maximum atomic E-state index is 4.04. The van der Waals surface area contributed by atoms with Gasteiger partial charge in [0.2, 0.25) is 0 Å². The van der Waals surface area contributed by atoms with Crippen molar-refractivity contribution in [1.82, 2.24) is 4.98 Å². The van der Waals surface area contributed by atoms with Gasteiger partial charge in [-0.1, -0.05) is 13.0 Å². The van der Waals surface area contributed by atoms with E-state index in [0.717, 1.165) is 19.3 Å². The van der Waals surface area contributed by atoms with Gasteiger partial charge >= 0.3 is 0 Å². The molecule has 1 aromatic rings. The molecular weight excluding hydrogens is 146 g/mol. The molecule has 0 bridgehead atoms. The lowest BCUT2D eigenvalue weighted by Crippen LogP contribution is -1.83. The molecule has 0 amide bonds. The van der Waals surface area contributed by atoms with E-state index in [1.54, 1.807) is 6.20 Å². The molecule has 0 spiro atoms. The summed E-state index contributed by atoms with van der Waals surface area (Å²) in [6.45, 7) is 2.07. The Bertz CT molecular complexity index is 266. The van der Waals surface area contributed by atoms with Crippen LogP contribution in [0.25, 0.3) is 0 Å². The van der Waals surface area contributed by atoms with Crippen molar-refractivity contribution >= 4 is 0 Å². The summed E-state index contributed by atoms with van der Waals surface area (Å²) in [7, 11) is 0. The topological polar surface area (TPSA) is 12.9 Å². The van der Waals surface area contributed by atoms with Crippen LogP contribution in [0.4, 0.5) is 0 Å². The molecule has 0 aromatic carbocycles. The van der Waals surface area contributed by atoms with E-state index in [4.69, 9.17) is 0 Å². The number of nitrogens with zero attached hydrogens (tertiary/aromatic N) is 1. The molecule has 0 fully saturated rings. The molecule has 1 nitrogen and oxygen atoms in total. The van der Waals surface area contributed by atoms with Crippen LogP contribution in [0.2, 0.25) is 0 Å². The molecule has 0 atom stereocenters. The second-order valence-corrected chi connectivity index (χ2v) is 2.57. The first kappa shape index (κ1) is 8.80. The van der Waals surface area contributed by atoms with Gasteiger partial charge in [0.1, 0.15) is 0 Å². The number of aromatic nitrogens is 1. The Balaban J connectivity index is 2.34. The van der Waals surface area contributed by atoms with Crippen LogP contribution < -0.4 is 0 Å². The second-order valence-electron chi connectivity index (χ2n) is 2.57. The van der Waals surface area contributed by atoms with Crippen molar-refractivity contribution in [2.45, 2.75) is 26.2 Å². The molecule has 0 N–H and O–H groups in total. The summed E-state index contributed by atoms with van der Waals surface area (Å²) in [6.07, 6.45) is 6.60. The SMILES string of the molecule is CCC#CCCc1cccnc1. The first-order valence-electron chi connectivity index (χ1n) is 4.28. The van der Waals surface area contributed by atoms with E-state index in [1.807, 2.05) is 12.3 Å². The van der Waals surface area contributed by atoms with Crippen molar-refractivity contribution in [2.24, 2.45) is 0 Å². The van der Waals surface area contributed by atoms with Gasteiger partial charge in [-0.25, -0.2) is 0 Å². The van der Waals surface area contributed by atoms with Crippen molar-refractivity contribution in [3.63, 3.8) is 0 Å². The molecule has 0 saturated heterocycles. The highest BCUT2D eigenvalue weighted by atomic mass is 14.6. The van der Waals surface area contributed by atoms with Crippen LogP contribution in [0.1, 0.15) is 25.3 Å². The molecule has 1 rings (SSSR count). The molecule has 12 heavy (non-hydrogen) atoms. The molecule has 62 valence electrons. The van der Waals surface area contributed by atoms with E-state index in [0.29, 0.717) is 0 Å². The van der Waals surface area contributed by atoms with Crippen molar-refractivity contribution in [3.8, 4) is 11.8 Å². The van der Waals surface area contributed by atoms with Gasteiger partial charge in [-0.3, -0.25) is 4.98 Å². The number of aryl methyl sites for hydroxylation is 1. The predicted octanol–water partition coefficient (Wildman–Crippen LogP) is 2.43. The Morgan fingerprint density at radius 1 is 1.42 bits per heavy atom. The van der Waals surface area contributed by atoms with E-state index in [1.165, 1.54) is 5.56 Å². The summed E-state index contributed by atoms with van der Waals surface area (Å²) in [5, 5.41) is 0. The summed E-state index contributed by atoms with van der Waals surface area (Å²) in [5.41, 5.74) is 1.27. The van der Waals surface area contributed by atoms with Gasteiger partial charge in [-0.05, 0) is 18.1 Å². The zero-order chi connectivity index (χ0) is 8.65. The van der Waals surface area contributed by atoms with Crippen LogP contribution >= 0.6 is 0 Å². The summed E-state index contributed by atoms with van der Waals surface area (Å²) in [4.78, 5) is 4.04. The van der Waals surface area contributed by atoms with Crippen LogP contribution in [0.3, 0.4) is 0 Å². The molecule has 0 radical (unpaired) electrons. The third kappa shape index (κ3) is 3.21. The summed E-state index contributed by atoms with van der Waals surface area (Å²) >= 11 is 0. The van der Waals surface area contributed by atoms with Crippen molar-refractivity contribution < 1.29 is 0 Å². The average molecular weight is 159 g/mol. The maximum Gasteiger partial charge on any atom is 0.0300 e. The van der Waals surface area contributed by atoms with Crippen molar-refractivity contribution in [2.75, 3.05) is 0 Å². The zero-order valence-corrected chi connectivity index (χ0v) is 7.38. The van der Waals surface area contributed by atoms with E-state index >= 15 is 0 Å². The summed E-state index contributed by atoms with van der Waals surface area (Å²) in [6, 6.07) is 4.04. The molecule has 0 unspecified atom stereocenters. The van der Waals surface area contributed by atoms with Gasteiger partial charge in [0.25, 0.3) is 0 Å². The van der Waals surface area contributed by atoms with Crippen molar-refractivity contribution in [1.29, 1.82) is 0 Å². The molecule has 0 aliphatic carbocycles. The monoisotopic (exact) mass is 159 g/mol. The average Bonchev–Trinajstić information content (AvgIpc) is 2.14. The van der Waals surface area contributed by atoms with Crippen LogP contribution in [0, 0.1) is 11.8 Å². The minimum atomic E-state index is 0.944. The number of pyridine rings is 1. The van der Waals surface area contributed by atoms with E-state index in [9.17, 15) is 0 Å². The Kier molecular flexibility index (Phi) is 3.94. The van der Waals surface area contributed by atoms with Gasteiger partial charge < -0.3 is 0 Å². The maximum absolute atomic E-state index is 4.04. The third-order valence-corrected chi connectivity index (χ3v) is 1.56. The van der Waals surface area contributed by atoms with Crippen LogP contribution in [-0.4, -0.2) is 4.98 Å². The van der Waals surface area contributed by atoms with E-state index < -0.39 is 0 Å². The van der Waals surface area contributed by atoms with Crippen LogP contribution in [-0.2, 0) is 6.42 Å². The molecular formula is C11H13N. The Morgan fingerprint density at radius 2 is 2.33 bits per heavy atom. The Labute approximate surface area is 73.8 Å².